The Kier molecular flexibility index (Phi) is 7.04. The Labute approximate surface area is 177 Å². The number of methoxy groups -OCH3 is 1. The van der Waals surface area contributed by atoms with Crippen LogP contribution in [-0.2, 0) is 17.9 Å². The minimum Gasteiger partial charge on any atom is -0.493 e. The number of carbonyl (C=O) groups excluding carboxylic acids is 1. The Hall–Kier alpha value is -3.10. The van der Waals surface area contributed by atoms with E-state index >= 15 is 0 Å². The van der Waals surface area contributed by atoms with Gasteiger partial charge in [0.15, 0.2) is 11.5 Å². The zero-order valence-corrected chi connectivity index (χ0v) is 16.9. The average molecular weight is 434 g/mol. The summed E-state index contributed by atoms with van der Waals surface area (Å²) >= 11 is 11.9. The summed E-state index contributed by atoms with van der Waals surface area (Å²) in [6.07, 6.45) is 4.31. The Bertz CT molecular complexity index is 1010. The highest BCUT2D eigenvalue weighted by atomic mass is 35.5. The van der Waals surface area contributed by atoms with Gasteiger partial charge in [-0.15, -0.1) is 0 Å². The number of nitrogens with one attached hydrogen (secondary N) is 1. The van der Waals surface area contributed by atoms with Gasteiger partial charge in [0.1, 0.15) is 25.8 Å². The molecule has 1 aromatic heterocycles. The van der Waals surface area contributed by atoms with E-state index in [1.807, 2.05) is 6.07 Å². The second-order valence-electron chi connectivity index (χ2n) is 5.83. The van der Waals surface area contributed by atoms with Crippen molar-refractivity contribution in [2.24, 2.45) is 5.10 Å². The van der Waals surface area contributed by atoms with E-state index in [1.165, 1.54) is 23.6 Å². The monoisotopic (exact) mass is 433 g/mol. The van der Waals surface area contributed by atoms with Gasteiger partial charge in [0.25, 0.3) is 5.91 Å². The first-order valence-corrected chi connectivity index (χ1v) is 9.20. The van der Waals surface area contributed by atoms with Crippen LogP contribution in [-0.4, -0.2) is 34.0 Å². The maximum Gasteiger partial charge on any atom is 0.261 e. The van der Waals surface area contributed by atoms with Crippen molar-refractivity contribution in [2.45, 2.75) is 13.2 Å². The van der Waals surface area contributed by atoms with Crippen LogP contribution >= 0.6 is 23.2 Å². The number of hydrazone groups is 1. The van der Waals surface area contributed by atoms with Gasteiger partial charge in [-0.1, -0.05) is 29.3 Å². The maximum atomic E-state index is 11.8. The molecule has 0 saturated carbocycles. The molecule has 0 aliphatic heterocycles. The molecule has 0 saturated heterocycles. The molecule has 0 aliphatic rings. The molecule has 1 heterocycles. The van der Waals surface area contributed by atoms with Crippen molar-refractivity contribution in [1.82, 2.24) is 20.2 Å². The summed E-state index contributed by atoms with van der Waals surface area (Å²) in [5.74, 6) is 0.772. The second-order valence-corrected chi connectivity index (χ2v) is 6.65. The van der Waals surface area contributed by atoms with Crippen LogP contribution < -0.4 is 14.9 Å². The first-order valence-electron chi connectivity index (χ1n) is 8.44. The van der Waals surface area contributed by atoms with Crippen molar-refractivity contribution in [3.05, 3.63) is 70.2 Å². The molecule has 8 nitrogen and oxygen atoms in total. The number of benzene rings is 2. The number of carbonyl (C=O) groups is 1. The van der Waals surface area contributed by atoms with E-state index in [-0.39, 0.29) is 12.5 Å². The first-order chi connectivity index (χ1) is 14.0. The normalized spacial score (nSPS) is 10.9. The van der Waals surface area contributed by atoms with E-state index in [1.54, 1.807) is 37.4 Å². The van der Waals surface area contributed by atoms with Crippen molar-refractivity contribution < 1.29 is 14.3 Å². The number of nitrogens with zero attached hydrogens (tertiary/aromatic N) is 4. The van der Waals surface area contributed by atoms with Crippen molar-refractivity contribution in [3.63, 3.8) is 0 Å². The van der Waals surface area contributed by atoms with Crippen LogP contribution in [0.15, 0.2) is 54.2 Å². The summed E-state index contributed by atoms with van der Waals surface area (Å²) in [4.78, 5) is 15.5. The van der Waals surface area contributed by atoms with Crippen LogP contribution in [0.4, 0.5) is 0 Å². The summed E-state index contributed by atoms with van der Waals surface area (Å²) < 4.78 is 12.6. The molecule has 0 aliphatic carbocycles. The van der Waals surface area contributed by atoms with Gasteiger partial charge in [-0.2, -0.15) is 10.2 Å². The number of hydrogen-bond acceptors (Lipinski definition) is 6. The summed E-state index contributed by atoms with van der Waals surface area (Å²) in [7, 11) is 1.54. The summed E-state index contributed by atoms with van der Waals surface area (Å²) in [6.45, 7) is 0.335. The van der Waals surface area contributed by atoms with Gasteiger partial charge in [0, 0.05) is 0 Å². The topological polar surface area (TPSA) is 90.6 Å². The lowest BCUT2D eigenvalue weighted by Gasteiger charge is -2.11. The summed E-state index contributed by atoms with van der Waals surface area (Å²) in [5.41, 5.74) is 4.03. The van der Waals surface area contributed by atoms with Crippen LogP contribution in [0.5, 0.6) is 11.5 Å². The lowest BCUT2D eigenvalue weighted by atomic mass is 10.2. The minimum absolute atomic E-state index is 0.0299. The highest BCUT2D eigenvalue weighted by molar-refractivity contribution is 6.42. The highest BCUT2D eigenvalue weighted by Gasteiger charge is 2.07. The average Bonchev–Trinajstić information content (AvgIpc) is 3.22. The molecule has 1 N–H and O–H groups in total. The van der Waals surface area contributed by atoms with E-state index in [4.69, 9.17) is 32.7 Å². The van der Waals surface area contributed by atoms with Crippen molar-refractivity contribution >= 4 is 35.3 Å². The molecular weight excluding hydrogens is 417 g/mol. The van der Waals surface area contributed by atoms with Gasteiger partial charge in [0.05, 0.1) is 23.4 Å². The molecule has 1 amide bonds. The Morgan fingerprint density at radius 2 is 2.07 bits per heavy atom. The van der Waals surface area contributed by atoms with Crippen molar-refractivity contribution in [1.29, 1.82) is 0 Å². The molecule has 3 aromatic rings. The molecule has 0 spiro atoms. The predicted octanol–water partition coefficient (Wildman–Crippen LogP) is 3.32. The third-order valence-electron chi connectivity index (χ3n) is 3.74. The molecule has 0 fully saturated rings. The van der Waals surface area contributed by atoms with Crippen LogP contribution in [0.3, 0.4) is 0 Å². The number of rotatable bonds is 8. The van der Waals surface area contributed by atoms with Gasteiger partial charge in [0.2, 0.25) is 0 Å². The highest BCUT2D eigenvalue weighted by Crippen LogP contribution is 2.29. The molecule has 29 heavy (non-hydrogen) atoms. The van der Waals surface area contributed by atoms with E-state index in [9.17, 15) is 4.79 Å². The predicted molar refractivity (Wildman–Crippen MR) is 110 cm³/mol. The zero-order valence-electron chi connectivity index (χ0n) is 15.4. The van der Waals surface area contributed by atoms with E-state index in [0.717, 1.165) is 11.1 Å². The third-order valence-corrected chi connectivity index (χ3v) is 4.48. The van der Waals surface area contributed by atoms with Gasteiger partial charge in [-0.3, -0.25) is 4.79 Å². The van der Waals surface area contributed by atoms with Gasteiger partial charge >= 0.3 is 0 Å². The molecule has 3 rings (SSSR count). The number of amides is 1. The van der Waals surface area contributed by atoms with Gasteiger partial charge in [-0.05, 0) is 41.5 Å². The maximum absolute atomic E-state index is 11.8. The van der Waals surface area contributed by atoms with Crippen molar-refractivity contribution in [3.8, 4) is 11.5 Å². The molecule has 0 atom stereocenters. The van der Waals surface area contributed by atoms with E-state index in [2.05, 4.69) is 20.6 Å². The van der Waals surface area contributed by atoms with Gasteiger partial charge in [-0.25, -0.2) is 15.1 Å². The lowest BCUT2D eigenvalue weighted by Crippen LogP contribution is -2.23. The van der Waals surface area contributed by atoms with Crippen LogP contribution in [0.2, 0.25) is 10.0 Å². The molecule has 0 bridgehead atoms. The third kappa shape index (κ3) is 5.94. The fourth-order valence-corrected chi connectivity index (χ4v) is 2.67. The Balaban J connectivity index is 1.58. The van der Waals surface area contributed by atoms with Crippen LogP contribution in [0, 0.1) is 0 Å². The zero-order chi connectivity index (χ0) is 20.6. The van der Waals surface area contributed by atoms with Crippen LogP contribution in [0.25, 0.3) is 0 Å². The lowest BCUT2D eigenvalue weighted by molar-refractivity contribution is -0.121. The largest absolute Gasteiger partial charge is 0.493 e. The standard InChI is InChI=1S/C19H17Cl2N5O3/c1-28-18-7-13(8-23-25-19(27)9-26-12-22-11-24-26)3-5-17(18)29-10-14-2-4-15(20)16(21)6-14/h2-8,11-12H,9-10H2,1H3,(H,25,27)/b23-8-. The van der Waals surface area contributed by atoms with Gasteiger partial charge < -0.3 is 9.47 Å². The molecule has 0 unspecified atom stereocenters. The van der Waals surface area contributed by atoms with Crippen LogP contribution in [0.1, 0.15) is 11.1 Å². The van der Waals surface area contributed by atoms with E-state index in [0.29, 0.717) is 28.2 Å². The van der Waals surface area contributed by atoms with Crippen molar-refractivity contribution in [2.75, 3.05) is 7.11 Å². The number of aromatic nitrogens is 3. The number of halogens is 2. The smallest absolute Gasteiger partial charge is 0.261 e. The number of ether oxygens (including phenoxy) is 2. The minimum atomic E-state index is -0.319. The summed E-state index contributed by atoms with van der Waals surface area (Å²) in [6, 6.07) is 10.6. The SMILES string of the molecule is COc1cc(/C=N\NC(=O)Cn2cncn2)ccc1OCc1ccc(Cl)c(Cl)c1. The van der Waals surface area contributed by atoms with E-state index < -0.39 is 0 Å². The Morgan fingerprint density at radius 1 is 1.21 bits per heavy atom. The molecule has 10 heteroatoms. The fourth-order valence-electron chi connectivity index (χ4n) is 2.35. The molecule has 2 aromatic carbocycles. The number of hydrogen-bond donors (Lipinski definition) is 1. The Morgan fingerprint density at radius 3 is 2.79 bits per heavy atom. The molecule has 150 valence electrons. The molecular formula is C19H17Cl2N5O3. The fraction of sp³-hybridized carbons (Fsp3) is 0.158. The quantitative estimate of drug-likeness (QED) is 0.434. The summed E-state index contributed by atoms with van der Waals surface area (Å²) in [5, 5.41) is 8.74. The first kappa shape index (κ1) is 20.6. The second kappa shape index (κ2) is 9.90. The molecule has 0 radical (unpaired) electrons.